The Hall–Kier alpha value is -2.05. The van der Waals surface area contributed by atoms with Gasteiger partial charge in [0.15, 0.2) is 11.5 Å². The second kappa shape index (κ2) is 7.68. The first-order valence-corrected chi connectivity index (χ1v) is 9.41. The Morgan fingerprint density at radius 2 is 2.19 bits per heavy atom. The molecule has 3 atom stereocenters. The molecule has 0 aliphatic carbocycles. The number of rotatable bonds is 6. The number of aromatic nitrogens is 2. The summed E-state index contributed by atoms with van der Waals surface area (Å²) in [6.45, 7) is 3.39. The zero-order chi connectivity index (χ0) is 17.9. The van der Waals surface area contributed by atoms with Gasteiger partial charge in [-0.2, -0.15) is 0 Å². The number of imidazole rings is 1. The summed E-state index contributed by atoms with van der Waals surface area (Å²) in [5.41, 5.74) is 2.45. The normalized spacial score (nSPS) is 23.2. The van der Waals surface area contributed by atoms with E-state index in [2.05, 4.69) is 33.9 Å². The summed E-state index contributed by atoms with van der Waals surface area (Å²) in [5, 5.41) is 3.79. The number of nitrogens with one attached hydrogen (secondary N) is 1. The first-order chi connectivity index (χ1) is 12.7. The second-order valence-electron chi connectivity index (χ2n) is 7.30. The van der Waals surface area contributed by atoms with Gasteiger partial charge in [0.1, 0.15) is 6.10 Å². The molecule has 2 aliphatic rings. The lowest BCUT2D eigenvalue weighted by molar-refractivity contribution is -0.00545. The predicted octanol–water partition coefficient (Wildman–Crippen LogP) is 2.98. The summed E-state index contributed by atoms with van der Waals surface area (Å²) in [5.74, 6) is 1.72. The van der Waals surface area contributed by atoms with Crippen molar-refractivity contribution in [1.82, 2.24) is 14.9 Å². The van der Waals surface area contributed by atoms with Crippen LogP contribution in [0.4, 0.5) is 0 Å². The number of hydrogen-bond acceptors (Lipinski definition) is 5. The minimum absolute atomic E-state index is 0.134. The largest absolute Gasteiger partial charge is 0.454 e. The van der Waals surface area contributed by atoms with Crippen LogP contribution in [0.25, 0.3) is 0 Å². The number of aryl methyl sites for hydroxylation is 2. The predicted molar refractivity (Wildman–Crippen MR) is 98.4 cm³/mol. The summed E-state index contributed by atoms with van der Waals surface area (Å²) in [6.07, 6.45) is 8.05. The molecule has 6 nitrogen and oxygen atoms in total. The van der Waals surface area contributed by atoms with Gasteiger partial charge in [-0.15, -0.1) is 0 Å². The summed E-state index contributed by atoms with van der Waals surface area (Å²) in [4.78, 5) is 4.21. The van der Waals surface area contributed by atoms with Crippen molar-refractivity contribution in [3.8, 4) is 11.5 Å². The molecule has 0 spiro atoms. The molecule has 2 aromatic rings. The number of hydrogen-bond donors (Lipinski definition) is 1. The minimum Gasteiger partial charge on any atom is -0.454 e. The molecule has 0 saturated carbocycles. The molecular formula is C20H27N3O3. The smallest absolute Gasteiger partial charge is 0.231 e. The molecule has 1 fully saturated rings. The molecule has 140 valence electrons. The van der Waals surface area contributed by atoms with E-state index < -0.39 is 0 Å². The molecular weight excluding hydrogens is 330 g/mol. The van der Waals surface area contributed by atoms with Gasteiger partial charge in [0.25, 0.3) is 0 Å². The quantitative estimate of drug-likeness (QED) is 0.861. The Balaban J connectivity index is 1.28. The van der Waals surface area contributed by atoms with Gasteiger partial charge in [0.2, 0.25) is 6.79 Å². The molecule has 1 aromatic heterocycles. The average molecular weight is 357 g/mol. The Bertz CT molecular complexity index is 746. The van der Waals surface area contributed by atoms with Crippen molar-refractivity contribution in [3.63, 3.8) is 0 Å². The van der Waals surface area contributed by atoms with Crippen LogP contribution in [-0.4, -0.2) is 35.0 Å². The van der Waals surface area contributed by atoms with Gasteiger partial charge in [-0.1, -0.05) is 6.07 Å². The molecule has 1 saturated heterocycles. The van der Waals surface area contributed by atoms with E-state index in [0.29, 0.717) is 18.9 Å². The standard InChI is InChI=1S/C20H27N3O3/c1-14(3-4-15-5-6-18-20(9-15)26-13-25-18)22-16-7-8-24-19(10-16)17-11-21-12-23(17)2/h5-6,9,11-12,14,16,19,22H,3-4,7-8,10,13H2,1-2H3/t14-,16-,19+/m1/s1. The van der Waals surface area contributed by atoms with Gasteiger partial charge in [-0.25, -0.2) is 4.98 Å². The summed E-state index contributed by atoms with van der Waals surface area (Å²) < 4.78 is 18.9. The first kappa shape index (κ1) is 17.4. The van der Waals surface area contributed by atoms with E-state index in [9.17, 15) is 0 Å². The van der Waals surface area contributed by atoms with E-state index >= 15 is 0 Å². The molecule has 1 aromatic carbocycles. The van der Waals surface area contributed by atoms with E-state index in [-0.39, 0.29) is 6.10 Å². The van der Waals surface area contributed by atoms with Crippen molar-refractivity contribution in [3.05, 3.63) is 42.0 Å². The molecule has 3 heterocycles. The average Bonchev–Trinajstić information content (AvgIpc) is 3.28. The SMILES string of the molecule is C[C@H](CCc1ccc2c(c1)OCO2)N[C@@H]1CCO[C@H](c2cncn2C)C1. The highest BCUT2D eigenvalue weighted by atomic mass is 16.7. The Kier molecular flexibility index (Phi) is 5.13. The molecule has 1 N–H and O–H groups in total. The van der Waals surface area contributed by atoms with Crippen LogP contribution in [0.1, 0.15) is 43.5 Å². The fourth-order valence-corrected chi connectivity index (χ4v) is 3.80. The number of ether oxygens (including phenoxy) is 3. The molecule has 0 bridgehead atoms. The molecule has 0 radical (unpaired) electrons. The summed E-state index contributed by atoms with van der Waals surface area (Å²) in [7, 11) is 2.02. The van der Waals surface area contributed by atoms with Gasteiger partial charge in [-0.05, 0) is 50.3 Å². The second-order valence-corrected chi connectivity index (χ2v) is 7.30. The zero-order valence-electron chi connectivity index (χ0n) is 15.5. The molecule has 26 heavy (non-hydrogen) atoms. The van der Waals surface area contributed by atoms with E-state index in [4.69, 9.17) is 14.2 Å². The Morgan fingerprint density at radius 1 is 1.31 bits per heavy atom. The van der Waals surface area contributed by atoms with Crippen LogP contribution in [-0.2, 0) is 18.2 Å². The van der Waals surface area contributed by atoms with Gasteiger partial charge >= 0.3 is 0 Å². The number of nitrogens with zero attached hydrogens (tertiary/aromatic N) is 2. The van der Waals surface area contributed by atoms with E-state index in [0.717, 1.165) is 49.5 Å². The van der Waals surface area contributed by atoms with Crippen LogP contribution < -0.4 is 14.8 Å². The van der Waals surface area contributed by atoms with Gasteiger partial charge in [0, 0.05) is 25.7 Å². The third kappa shape index (κ3) is 3.86. The lowest BCUT2D eigenvalue weighted by Gasteiger charge is -2.32. The number of benzene rings is 1. The van der Waals surface area contributed by atoms with Crippen molar-refractivity contribution in [2.45, 2.75) is 50.8 Å². The van der Waals surface area contributed by atoms with E-state index in [1.54, 1.807) is 0 Å². The van der Waals surface area contributed by atoms with Crippen molar-refractivity contribution >= 4 is 0 Å². The summed E-state index contributed by atoms with van der Waals surface area (Å²) in [6, 6.07) is 7.17. The van der Waals surface area contributed by atoms with Gasteiger partial charge in [-0.3, -0.25) is 0 Å². The highest BCUT2D eigenvalue weighted by Gasteiger charge is 2.26. The fourth-order valence-electron chi connectivity index (χ4n) is 3.80. The van der Waals surface area contributed by atoms with Crippen molar-refractivity contribution < 1.29 is 14.2 Å². The van der Waals surface area contributed by atoms with Crippen LogP contribution in [0, 0.1) is 0 Å². The Morgan fingerprint density at radius 3 is 3.04 bits per heavy atom. The Labute approximate surface area is 154 Å². The first-order valence-electron chi connectivity index (χ1n) is 9.41. The maximum Gasteiger partial charge on any atom is 0.231 e. The highest BCUT2D eigenvalue weighted by molar-refractivity contribution is 5.44. The van der Waals surface area contributed by atoms with Crippen LogP contribution in [0.5, 0.6) is 11.5 Å². The molecule has 0 unspecified atom stereocenters. The lowest BCUT2D eigenvalue weighted by Crippen LogP contribution is -2.41. The van der Waals surface area contributed by atoms with Gasteiger partial charge < -0.3 is 24.1 Å². The molecule has 2 aliphatic heterocycles. The van der Waals surface area contributed by atoms with Crippen molar-refractivity contribution in [1.29, 1.82) is 0 Å². The third-order valence-electron chi connectivity index (χ3n) is 5.29. The summed E-state index contributed by atoms with van der Waals surface area (Å²) >= 11 is 0. The highest BCUT2D eigenvalue weighted by Crippen LogP contribution is 2.33. The topological polar surface area (TPSA) is 57.5 Å². The monoisotopic (exact) mass is 357 g/mol. The number of fused-ring (bicyclic) bond motifs is 1. The zero-order valence-corrected chi connectivity index (χ0v) is 15.5. The van der Waals surface area contributed by atoms with Crippen LogP contribution in [0.2, 0.25) is 0 Å². The molecule has 6 heteroatoms. The maximum atomic E-state index is 5.96. The third-order valence-corrected chi connectivity index (χ3v) is 5.29. The van der Waals surface area contributed by atoms with E-state index in [1.165, 1.54) is 5.56 Å². The fraction of sp³-hybridized carbons (Fsp3) is 0.550. The van der Waals surface area contributed by atoms with Crippen molar-refractivity contribution in [2.24, 2.45) is 7.05 Å². The van der Waals surface area contributed by atoms with Crippen LogP contribution in [0.15, 0.2) is 30.7 Å². The van der Waals surface area contributed by atoms with Crippen molar-refractivity contribution in [2.75, 3.05) is 13.4 Å². The van der Waals surface area contributed by atoms with E-state index in [1.807, 2.05) is 25.6 Å². The van der Waals surface area contributed by atoms with Crippen LogP contribution >= 0.6 is 0 Å². The lowest BCUT2D eigenvalue weighted by atomic mass is 9.99. The van der Waals surface area contributed by atoms with Crippen LogP contribution in [0.3, 0.4) is 0 Å². The molecule has 4 rings (SSSR count). The van der Waals surface area contributed by atoms with Gasteiger partial charge in [0.05, 0.1) is 18.2 Å². The molecule has 0 amide bonds. The maximum absolute atomic E-state index is 5.96. The minimum atomic E-state index is 0.134.